The van der Waals surface area contributed by atoms with Crippen LogP contribution in [0, 0.1) is 5.92 Å². The van der Waals surface area contributed by atoms with Gasteiger partial charge in [-0.25, -0.2) is 0 Å². The van der Waals surface area contributed by atoms with E-state index < -0.39 is 0 Å². The monoisotopic (exact) mass is 387 g/mol. The first-order valence-electron chi connectivity index (χ1n) is 9.63. The minimum absolute atomic E-state index is 0.0629. The van der Waals surface area contributed by atoms with Crippen LogP contribution in [0.5, 0.6) is 11.5 Å². The third-order valence-electron chi connectivity index (χ3n) is 4.19. The maximum Gasteiger partial charge on any atom is 0.163 e. The van der Waals surface area contributed by atoms with Crippen LogP contribution in [0.1, 0.15) is 50.9 Å². The molecule has 1 aromatic carbocycles. The molecule has 0 aliphatic carbocycles. The van der Waals surface area contributed by atoms with Crippen molar-refractivity contribution in [1.82, 2.24) is 0 Å². The second-order valence-electron chi connectivity index (χ2n) is 6.59. The predicted octanol–water partition coefficient (Wildman–Crippen LogP) is 5.56. The van der Waals surface area contributed by atoms with Crippen LogP contribution in [0.15, 0.2) is 40.9 Å². The van der Waals surface area contributed by atoms with Crippen molar-refractivity contribution in [2.45, 2.75) is 40.5 Å². The first-order valence-corrected chi connectivity index (χ1v) is 9.63. The quantitative estimate of drug-likeness (QED) is 0.204. The van der Waals surface area contributed by atoms with Gasteiger partial charge in [-0.2, -0.15) is 0 Å². The number of ketones is 1. The van der Waals surface area contributed by atoms with E-state index >= 15 is 0 Å². The average molecular weight is 388 g/mol. The second kappa shape index (κ2) is 12.9. The van der Waals surface area contributed by atoms with E-state index in [1.54, 1.807) is 26.4 Å². The molecule has 0 N–H and O–H groups in total. The van der Waals surface area contributed by atoms with E-state index in [9.17, 15) is 4.79 Å². The van der Waals surface area contributed by atoms with Gasteiger partial charge in [0.15, 0.2) is 17.3 Å². The van der Waals surface area contributed by atoms with E-state index in [1.807, 2.05) is 26.1 Å². The lowest BCUT2D eigenvalue weighted by Gasteiger charge is -2.14. The molecule has 154 valence electrons. The summed E-state index contributed by atoms with van der Waals surface area (Å²) in [7, 11) is 3.22. The molecule has 0 saturated heterocycles. The van der Waals surface area contributed by atoms with Gasteiger partial charge in [0.1, 0.15) is 0 Å². The summed E-state index contributed by atoms with van der Waals surface area (Å²) < 4.78 is 16.3. The van der Waals surface area contributed by atoms with Crippen molar-refractivity contribution in [3.05, 3.63) is 41.5 Å². The normalized spacial score (nSPS) is 13.3. The minimum atomic E-state index is -0.0629. The van der Waals surface area contributed by atoms with Crippen LogP contribution < -0.4 is 9.47 Å². The summed E-state index contributed by atoms with van der Waals surface area (Å²) >= 11 is 0. The van der Waals surface area contributed by atoms with Gasteiger partial charge in [0.25, 0.3) is 0 Å². The lowest BCUT2D eigenvalue weighted by atomic mass is 10.0. The molecule has 1 unspecified atom stereocenters. The molecule has 5 heteroatoms. The van der Waals surface area contributed by atoms with Gasteiger partial charge in [-0.15, -0.1) is 0 Å². The zero-order valence-electron chi connectivity index (χ0n) is 18.0. The molecule has 0 saturated carbocycles. The van der Waals surface area contributed by atoms with Crippen molar-refractivity contribution < 1.29 is 19.0 Å². The first kappa shape index (κ1) is 23.6. The van der Waals surface area contributed by atoms with Crippen molar-refractivity contribution in [1.29, 1.82) is 0 Å². The fraction of sp³-hybridized carbons (Fsp3) is 0.478. The molecule has 5 nitrogen and oxygen atoms in total. The van der Waals surface area contributed by atoms with E-state index in [4.69, 9.17) is 14.2 Å². The van der Waals surface area contributed by atoms with Crippen molar-refractivity contribution >= 4 is 17.7 Å². The number of methoxy groups -OCH3 is 2. The van der Waals surface area contributed by atoms with Crippen molar-refractivity contribution in [3.63, 3.8) is 0 Å². The summed E-state index contributed by atoms with van der Waals surface area (Å²) in [6.07, 6.45) is 9.77. The van der Waals surface area contributed by atoms with Crippen LogP contribution in [-0.2, 0) is 4.74 Å². The molecule has 0 bridgehead atoms. The topological polar surface area (TPSA) is 57.1 Å². The molecule has 1 rings (SSSR count). The zero-order valence-corrected chi connectivity index (χ0v) is 18.0. The standard InChI is InChI=1S/C23H33NO4/c1-7-10-19(8-2)13-17(3)16-24-21-15-23(28-12-9-11-26-5)22(27-6)14-20(21)18(4)25/h7-8,10,14-17H,9,11-13H2,1-6H3/b10-7+,19-8-,24-16-. The molecule has 0 amide bonds. The van der Waals surface area contributed by atoms with E-state index in [1.165, 1.54) is 12.5 Å². The highest BCUT2D eigenvalue weighted by Crippen LogP contribution is 2.35. The van der Waals surface area contributed by atoms with Crippen LogP contribution in [-0.4, -0.2) is 39.4 Å². The highest BCUT2D eigenvalue weighted by atomic mass is 16.5. The van der Waals surface area contributed by atoms with Gasteiger partial charge < -0.3 is 14.2 Å². The Morgan fingerprint density at radius 2 is 1.93 bits per heavy atom. The average Bonchev–Trinajstić information content (AvgIpc) is 2.68. The number of hydrogen-bond donors (Lipinski definition) is 0. The number of aliphatic imine (C=N–C) groups is 1. The second-order valence-corrected chi connectivity index (χ2v) is 6.59. The molecule has 0 heterocycles. The van der Waals surface area contributed by atoms with Gasteiger partial charge in [-0.3, -0.25) is 9.79 Å². The zero-order chi connectivity index (χ0) is 20.9. The summed E-state index contributed by atoms with van der Waals surface area (Å²) in [6.45, 7) is 8.79. The Balaban J connectivity index is 3.08. The Hall–Kier alpha value is -2.40. The Morgan fingerprint density at radius 1 is 1.18 bits per heavy atom. The highest BCUT2D eigenvalue weighted by Gasteiger charge is 2.14. The summed E-state index contributed by atoms with van der Waals surface area (Å²) in [5.41, 5.74) is 2.37. The van der Waals surface area contributed by atoms with Gasteiger partial charge in [0.05, 0.1) is 19.4 Å². The number of hydrogen-bond acceptors (Lipinski definition) is 5. The molecule has 0 aliphatic rings. The number of ether oxygens (including phenoxy) is 3. The van der Waals surface area contributed by atoms with E-state index in [2.05, 4.69) is 24.1 Å². The maximum absolute atomic E-state index is 12.1. The largest absolute Gasteiger partial charge is 0.493 e. The molecular formula is C23H33NO4. The number of carbonyl (C=O) groups is 1. The van der Waals surface area contributed by atoms with Crippen molar-refractivity contribution in [3.8, 4) is 11.5 Å². The van der Waals surface area contributed by atoms with Crippen molar-refractivity contribution in [2.24, 2.45) is 10.9 Å². The van der Waals surface area contributed by atoms with Crippen LogP contribution >= 0.6 is 0 Å². The minimum Gasteiger partial charge on any atom is -0.493 e. The molecule has 0 spiro atoms. The number of benzene rings is 1. The molecular weight excluding hydrogens is 354 g/mol. The lowest BCUT2D eigenvalue weighted by molar-refractivity contribution is 0.101. The number of nitrogens with zero attached hydrogens (tertiary/aromatic N) is 1. The fourth-order valence-electron chi connectivity index (χ4n) is 2.72. The van der Waals surface area contributed by atoms with Crippen molar-refractivity contribution in [2.75, 3.05) is 27.4 Å². The third kappa shape index (κ3) is 7.69. The number of carbonyl (C=O) groups excluding carboxylic acids is 1. The molecule has 0 aromatic heterocycles. The number of Topliss-reactive ketones (excluding diaryl/α,β-unsaturated/α-hetero) is 1. The Labute approximate surface area is 169 Å². The summed E-state index contributed by atoms with van der Waals surface area (Å²) in [5, 5.41) is 0. The fourth-order valence-corrected chi connectivity index (χ4v) is 2.72. The molecule has 0 radical (unpaired) electrons. The van der Waals surface area contributed by atoms with Gasteiger partial charge in [0, 0.05) is 38.0 Å². The SMILES string of the molecule is C/C=C/C(=C/C)CC(C)/C=N\c1cc(OCCCOC)c(OC)cc1C(C)=O. The summed E-state index contributed by atoms with van der Waals surface area (Å²) in [4.78, 5) is 16.7. The molecule has 28 heavy (non-hydrogen) atoms. The molecule has 1 atom stereocenters. The molecule has 1 aromatic rings. The number of allylic oxidation sites excluding steroid dienone is 4. The first-order chi connectivity index (χ1) is 13.5. The summed E-state index contributed by atoms with van der Waals surface area (Å²) in [6, 6.07) is 3.47. The van der Waals surface area contributed by atoms with Crippen LogP contribution in [0.25, 0.3) is 0 Å². The molecule has 0 aliphatic heterocycles. The van der Waals surface area contributed by atoms with Crippen LogP contribution in [0.3, 0.4) is 0 Å². The third-order valence-corrected chi connectivity index (χ3v) is 4.19. The smallest absolute Gasteiger partial charge is 0.163 e. The Kier molecular flexibility index (Phi) is 10.9. The van der Waals surface area contributed by atoms with Crippen LogP contribution in [0.2, 0.25) is 0 Å². The van der Waals surface area contributed by atoms with Crippen LogP contribution in [0.4, 0.5) is 5.69 Å². The number of rotatable bonds is 12. The van der Waals surface area contributed by atoms with Gasteiger partial charge in [0.2, 0.25) is 0 Å². The maximum atomic E-state index is 12.1. The van der Waals surface area contributed by atoms with E-state index in [0.717, 1.165) is 12.8 Å². The Morgan fingerprint density at radius 3 is 2.50 bits per heavy atom. The highest BCUT2D eigenvalue weighted by molar-refractivity contribution is 6.00. The molecule has 0 fully saturated rings. The van der Waals surface area contributed by atoms with E-state index in [0.29, 0.717) is 36.0 Å². The van der Waals surface area contributed by atoms with Gasteiger partial charge in [-0.1, -0.05) is 30.7 Å². The summed E-state index contributed by atoms with van der Waals surface area (Å²) in [5.74, 6) is 1.27. The predicted molar refractivity (Wildman–Crippen MR) is 115 cm³/mol. The lowest BCUT2D eigenvalue weighted by Crippen LogP contribution is -2.04. The Bertz CT molecular complexity index is 720. The van der Waals surface area contributed by atoms with Gasteiger partial charge >= 0.3 is 0 Å². The van der Waals surface area contributed by atoms with E-state index in [-0.39, 0.29) is 11.7 Å². The van der Waals surface area contributed by atoms with Gasteiger partial charge in [-0.05, 0) is 39.2 Å².